The molecule has 0 N–H and O–H groups in total. The van der Waals surface area contributed by atoms with Gasteiger partial charge in [0.1, 0.15) is 12.4 Å². The van der Waals surface area contributed by atoms with Crippen molar-refractivity contribution in [3.8, 4) is 0 Å². The van der Waals surface area contributed by atoms with Gasteiger partial charge >= 0.3 is 12.4 Å². The van der Waals surface area contributed by atoms with Crippen molar-refractivity contribution in [1.29, 1.82) is 0 Å². The highest BCUT2D eigenvalue weighted by Gasteiger charge is 2.36. The van der Waals surface area contributed by atoms with Crippen LogP contribution in [0.5, 0.6) is 0 Å². The number of rotatable bonds is 6. The van der Waals surface area contributed by atoms with Crippen molar-refractivity contribution in [2.45, 2.75) is 25.4 Å². The number of imidazole rings is 1. The maximum Gasteiger partial charge on any atom is 0.407 e. The van der Waals surface area contributed by atoms with Gasteiger partial charge in [0.2, 0.25) is 0 Å². The number of hydrogen-bond acceptors (Lipinski definition) is 2. The lowest BCUT2D eigenvalue weighted by molar-refractivity contribution is -0.136. The molecule has 0 saturated heterocycles. The molecule has 4 nitrogen and oxygen atoms in total. The molecule has 1 aromatic heterocycles. The molecule has 0 aliphatic heterocycles. The van der Waals surface area contributed by atoms with Crippen molar-refractivity contribution in [2.24, 2.45) is 0 Å². The van der Waals surface area contributed by atoms with E-state index in [2.05, 4.69) is 9.83 Å². The summed E-state index contributed by atoms with van der Waals surface area (Å²) >= 11 is 0. The summed E-state index contributed by atoms with van der Waals surface area (Å²) in [6.45, 7) is 5.41. The number of hydrogen-bond donors (Lipinski definition) is 0. The molecule has 0 fully saturated rings. The topological polar surface area (TPSA) is 25.4 Å². The number of halogens is 6. The molecule has 31 heavy (non-hydrogen) atoms. The largest absolute Gasteiger partial charge is 0.407 e. The summed E-state index contributed by atoms with van der Waals surface area (Å²) < 4.78 is 81.2. The Morgan fingerprint density at radius 1 is 1.00 bits per heavy atom. The Kier molecular flexibility index (Phi) is 6.24. The third-order valence-electron chi connectivity index (χ3n) is 4.47. The van der Waals surface area contributed by atoms with Gasteiger partial charge in [0.15, 0.2) is 5.69 Å². The van der Waals surface area contributed by atoms with Gasteiger partial charge in [-0.05, 0) is 17.7 Å². The Hall–Kier alpha value is -3.48. The number of alkyl halides is 6. The molecule has 3 rings (SSSR count). The van der Waals surface area contributed by atoms with Crippen molar-refractivity contribution >= 4 is 11.4 Å². The molecule has 3 aromatic rings. The van der Waals surface area contributed by atoms with Crippen molar-refractivity contribution in [2.75, 3.05) is 11.4 Å². The molecule has 0 amide bonds. The van der Waals surface area contributed by atoms with E-state index >= 15 is 0 Å². The molecule has 0 atom stereocenters. The molecule has 0 aliphatic rings. The van der Waals surface area contributed by atoms with Gasteiger partial charge in [-0.1, -0.05) is 36.4 Å². The average molecular weight is 438 g/mol. The van der Waals surface area contributed by atoms with Crippen molar-refractivity contribution in [1.82, 2.24) is 9.55 Å². The van der Waals surface area contributed by atoms with Gasteiger partial charge in [-0.25, -0.2) is 9.83 Å². The summed E-state index contributed by atoms with van der Waals surface area (Å²) in [5.41, 5.74) is -1.36. The quantitative estimate of drug-likeness (QED) is 0.345. The minimum absolute atomic E-state index is 0.260. The van der Waals surface area contributed by atoms with Crippen LogP contribution in [0.4, 0.5) is 37.7 Å². The van der Waals surface area contributed by atoms with E-state index in [1.54, 1.807) is 10.8 Å². The second-order valence-corrected chi connectivity index (χ2v) is 6.74. The molecular weight excluding hydrogens is 422 g/mol. The molecule has 2 aromatic carbocycles. The third kappa shape index (κ3) is 5.78. The number of anilines is 1. The molecule has 0 radical (unpaired) electrons. The molecule has 0 spiro atoms. The summed E-state index contributed by atoms with van der Waals surface area (Å²) in [5, 5.41) is 0. The zero-order valence-corrected chi connectivity index (χ0v) is 16.0. The summed E-state index contributed by atoms with van der Waals surface area (Å²) in [7, 11) is 0. The van der Waals surface area contributed by atoms with E-state index in [-0.39, 0.29) is 18.1 Å². The zero-order chi connectivity index (χ0) is 22.6. The standard InChI is InChI=1S/C21H16F6N4/c1-28-18-8-7-16(11-17(18)21(25,26)27)31(14-20(22,23)24)13-19-29-9-10-30(19)12-15-5-3-2-4-6-15/h2-11H,12-14H2. The van der Waals surface area contributed by atoms with Crippen LogP contribution in [-0.4, -0.2) is 22.3 Å². The monoisotopic (exact) mass is 438 g/mol. The first-order valence-electron chi connectivity index (χ1n) is 9.01. The van der Waals surface area contributed by atoms with Crippen LogP contribution < -0.4 is 4.90 Å². The van der Waals surface area contributed by atoms with Crippen LogP contribution in [0.1, 0.15) is 17.0 Å². The SMILES string of the molecule is [C-]#[N+]c1ccc(N(Cc2nccn2Cc2ccccc2)CC(F)(F)F)cc1C(F)(F)F. The summed E-state index contributed by atoms with van der Waals surface area (Å²) in [4.78, 5) is 7.69. The van der Waals surface area contributed by atoms with Crippen LogP contribution in [0.25, 0.3) is 4.85 Å². The van der Waals surface area contributed by atoms with Crippen molar-refractivity contribution < 1.29 is 26.3 Å². The maximum absolute atomic E-state index is 13.3. The lowest BCUT2D eigenvalue weighted by Crippen LogP contribution is -2.35. The molecule has 162 valence electrons. The molecule has 0 saturated carbocycles. The molecule has 1 heterocycles. The number of benzene rings is 2. The van der Waals surface area contributed by atoms with Gasteiger partial charge in [0.25, 0.3) is 0 Å². The zero-order valence-electron chi connectivity index (χ0n) is 16.0. The first kappa shape index (κ1) is 22.2. The summed E-state index contributed by atoms with van der Waals surface area (Å²) in [6.07, 6.45) is -6.51. The van der Waals surface area contributed by atoms with Gasteiger partial charge < -0.3 is 9.47 Å². The lowest BCUT2D eigenvalue weighted by atomic mass is 10.1. The Bertz CT molecular complexity index is 1060. The van der Waals surface area contributed by atoms with Gasteiger partial charge in [-0.2, -0.15) is 26.3 Å². The lowest BCUT2D eigenvalue weighted by Gasteiger charge is -2.27. The average Bonchev–Trinajstić information content (AvgIpc) is 3.12. The van der Waals surface area contributed by atoms with Gasteiger partial charge in [-0.15, -0.1) is 0 Å². The minimum atomic E-state index is -4.87. The predicted octanol–water partition coefficient (Wildman–Crippen LogP) is 6.07. The highest BCUT2D eigenvalue weighted by atomic mass is 19.4. The fourth-order valence-electron chi connectivity index (χ4n) is 3.09. The highest BCUT2D eigenvalue weighted by molar-refractivity contribution is 5.62. The highest BCUT2D eigenvalue weighted by Crippen LogP contribution is 2.39. The number of aromatic nitrogens is 2. The second-order valence-electron chi connectivity index (χ2n) is 6.74. The second kappa shape index (κ2) is 8.71. The predicted molar refractivity (Wildman–Crippen MR) is 103 cm³/mol. The Morgan fingerprint density at radius 3 is 2.32 bits per heavy atom. The van der Waals surface area contributed by atoms with E-state index in [1.807, 2.05) is 30.3 Å². The van der Waals surface area contributed by atoms with Crippen LogP contribution in [0.15, 0.2) is 60.9 Å². The van der Waals surface area contributed by atoms with Crippen LogP contribution in [0.2, 0.25) is 0 Å². The van der Waals surface area contributed by atoms with Crippen LogP contribution >= 0.6 is 0 Å². The van der Waals surface area contributed by atoms with Crippen molar-refractivity contribution in [3.05, 3.63) is 89.3 Å². The minimum Gasteiger partial charge on any atom is -0.355 e. The Balaban J connectivity index is 1.95. The van der Waals surface area contributed by atoms with Gasteiger partial charge in [-0.3, -0.25) is 0 Å². The fourth-order valence-corrected chi connectivity index (χ4v) is 3.09. The molecular formula is C21H16F6N4. The van der Waals surface area contributed by atoms with E-state index < -0.39 is 30.1 Å². The summed E-state index contributed by atoms with van der Waals surface area (Å²) in [6, 6.07) is 11.7. The molecule has 0 unspecified atom stereocenters. The molecule has 0 bridgehead atoms. The fraction of sp³-hybridized carbons (Fsp3) is 0.238. The first-order valence-corrected chi connectivity index (χ1v) is 9.01. The normalized spacial score (nSPS) is 11.9. The van der Waals surface area contributed by atoms with E-state index in [4.69, 9.17) is 6.57 Å². The third-order valence-corrected chi connectivity index (χ3v) is 4.47. The van der Waals surface area contributed by atoms with Crippen LogP contribution in [-0.2, 0) is 19.3 Å². The number of nitrogens with zero attached hydrogens (tertiary/aromatic N) is 4. The van der Waals surface area contributed by atoms with Gasteiger partial charge in [0, 0.05) is 24.6 Å². The summed E-state index contributed by atoms with van der Waals surface area (Å²) in [5.74, 6) is 0.260. The smallest absolute Gasteiger partial charge is 0.355 e. The Labute approximate surface area is 174 Å². The van der Waals surface area contributed by atoms with Crippen molar-refractivity contribution in [3.63, 3.8) is 0 Å². The van der Waals surface area contributed by atoms with E-state index in [9.17, 15) is 26.3 Å². The van der Waals surface area contributed by atoms with E-state index in [0.29, 0.717) is 12.6 Å². The first-order chi connectivity index (χ1) is 14.6. The Morgan fingerprint density at radius 2 is 1.71 bits per heavy atom. The van der Waals surface area contributed by atoms with E-state index in [1.165, 1.54) is 6.20 Å². The molecule has 10 heteroatoms. The van der Waals surface area contributed by atoms with Gasteiger partial charge in [0.05, 0.1) is 18.7 Å². The van der Waals surface area contributed by atoms with Crippen LogP contribution in [0, 0.1) is 6.57 Å². The van der Waals surface area contributed by atoms with Crippen LogP contribution in [0.3, 0.4) is 0 Å². The van der Waals surface area contributed by atoms with E-state index in [0.717, 1.165) is 22.6 Å². The molecule has 0 aliphatic carbocycles. The maximum atomic E-state index is 13.3.